The van der Waals surface area contributed by atoms with Crippen LogP contribution in [0.2, 0.25) is 0 Å². The van der Waals surface area contributed by atoms with Crippen molar-refractivity contribution in [3.8, 4) is 0 Å². The summed E-state index contributed by atoms with van der Waals surface area (Å²) in [4.78, 5) is 14.9. The van der Waals surface area contributed by atoms with Crippen LogP contribution in [0.25, 0.3) is 10.9 Å². The van der Waals surface area contributed by atoms with Gasteiger partial charge in [0, 0.05) is 10.9 Å². The average molecular weight is 230 g/mol. The molecule has 3 N–H and O–H groups in total. The summed E-state index contributed by atoms with van der Waals surface area (Å²) >= 11 is 0. The second-order valence-electron chi connectivity index (χ2n) is 4.60. The van der Waals surface area contributed by atoms with Gasteiger partial charge < -0.3 is 10.7 Å². The maximum atomic E-state index is 12.0. The second-order valence-corrected chi connectivity index (χ2v) is 4.60. The third-order valence-corrected chi connectivity index (χ3v) is 3.24. The monoisotopic (exact) mass is 230 g/mol. The van der Waals surface area contributed by atoms with Gasteiger partial charge in [-0.05, 0) is 50.9 Å². The van der Waals surface area contributed by atoms with Crippen LogP contribution in [0.15, 0.2) is 16.9 Å². The molecule has 0 aliphatic rings. The number of aryl methyl sites for hydroxylation is 3. The predicted octanol–water partition coefficient (Wildman–Crippen LogP) is 1.95. The van der Waals surface area contributed by atoms with Gasteiger partial charge in [0.25, 0.3) is 5.56 Å². The maximum Gasteiger partial charge on any atom is 0.251 e. The van der Waals surface area contributed by atoms with E-state index in [4.69, 9.17) is 5.73 Å². The molecule has 1 aromatic carbocycles. The van der Waals surface area contributed by atoms with Crippen LogP contribution in [-0.2, 0) is 6.42 Å². The van der Waals surface area contributed by atoms with Crippen LogP contribution in [0.3, 0.4) is 0 Å². The summed E-state index contributed by atoms with van der Waals surface area (Å²) < 4.78 is 0. The number of pyridine rings is 1. The van der Waals surface area contributed by atoms with Crippen molar-refractivity contribution in [1.29, 1.82) is 0 Å². The molecular formula is C14H18N2O. The summed E-state index contributed by atoms with van der Waals surface area (Å²) in [5.74, 6) is 0. The number of nitrogens with one attached hydrogen (secondary N) is 1. The minimum atomic E-state index is -0.00703. The van der Waals surface area contributed by atoms with Gasteiger partial charge in [-0.3, -0.25) is 4.79 Å². The molecule has 2 rings (SSSR count). The van der Waals surface area contributed by atoms with Gasteiger partial charge in [0.15, 0.2) is 0 Å². The molecule has 17 heavy (non-hydrogen) atoms. The van der Waals surface area contributed by atoms with Crippen LogP contribution in [-0.4, -0.2) is 11.5 Å². The van der Waals surface area contributed by atoms with E-state index in [-0.39, 0.29) is 5.56 Å². The molecule has 0 amide bonds. The highest BCUT2D eigenvalue weighted by atomic mass is 16.1. The molecule has 0 spiro atoms. The average Bonchev–Trinajstić information content (AvgIpc) is 2.26. The molecule has 0 atom stereocenters. The molecule has 0 saturated heterocycles. The Balaban J connectivity index is 2.87. The lowest BCUT2D eigenvalue weighted by Crippen LogP contribution is -2.18. The fourth-order valence-corrected chi connectivity index (χ4v) is 2.40. The number of benzene rings is 1. The van der Waals surface area contributed by atoms with E-state index in [0.29, 0.717) is 13.0 Å². The topological polar surface area (TPSA) is 58.9 Å². The number of nitrogens with two attached hydrogens (primary N) is 1. The Hall–Kier alpha value is -1.61. The number of aromatic nitrogens is 1. The highest BCUT2D eigenvalue weighted by Gasteiger charge is 2.10. The van der Waals surface area contributed by atoms with E-state index in [1.54, 1.807) is 0 Å². The van der Waals surface area contributed by atoms with E-state index >= 15 is 0 Å². The van der Waals surface area contributed by atoms with Gasteiger partial charge in [-0.15, -0.1) is 0 Å². The van der Waals surface area contributed by atoms with E-state index in [0.717, 1.165) is 27.6 Å². The number of hydrogen-bond donors (Lipinski definition) is 2. The Bertz CT molecular complexity index is 626. The molecule has 0 bridgehead atoms. The molecule has 0 unspecified atom stereocenters. The molecule has 0 radical (unpaired) electrons. The smallest absolute Gasteiger partial charge is 0.251 e. The first-order chi connectivity index (χ1) is 8.04. The number of fused-ring (bicyclic) bond motifs is 1. The minimum absolute atomic E-state index is 0.00703. The van der Waals surface area contributed by atoms with Gasteiger partial charge in [-0.1, -0.05) is 11.6 Å². The van der Waals surface area contributed by atoms with Crippen molar-refractivity contribution in [2.24, 2.45) is 5.73 Å². The Morgan fingerprint density at radius 2 is 1.94 bits per heavy atom. The largest absolute Gasteiger partial charge is 0.330 e. The van der Waals surface area contributed by atoms with Crippen LogP contribution < -0.4 is 11.3 Å². The zero-order chi connectivity index (χ0) is 12.6. The van der Waals surface area contributed by atoms with Crippen molar-refractivity contribution in [2.45, 2.75) is 27.2 Å². The zero-order valence-electron chi connectivity index (χ0n) is 10.6. The van der Waals surface area contributed by atoms with Gasteiger partial charge in [-0.2, -0.15) is 0 Å². The van der Waals surface area contributed by atoms with E-state index < -0.39 is 0 Å². The molecule has 2 aromatic rings. The summed E-state index contributed by atoms with van der Waals surface area (Å²) in [5, 5.41) is 1.13. The SMILES string of the molecule is Cc1cc(C)c2[nH]c(=O)c(CCN)c(C)c2c1. The lowest BCUT2D eigenvalue weighted by molar-refractivity contribution is 0.937. The first-order valence-corrected chi connectivity index (χ1v) is 5.87. The van der Waals surface area contributed by atoms with Gasteiger partial charge >= 0.3 is 0 Å². The Morgan fingerprint density at radius 3 is 2.59 bits per heavy atom. The van der Waals surface area contributed by atoms with Crippen molar-refractivity contribution in [3.05, 3.63) is 44.7 Å². The lowest BCUT2D eigenvalue weighted by Gasteiger charge is -2.10. The Kier molecular flexibility index (Phi) is 3.03. The Labute approximate surface area is 101 Å². The van der Waals surface area contributed by atoms with E-state index in [1.165, 1.54) is 5.56 Å². The standard InChI is InChI=1S/C14H18N2O/c1-8-6-9(2)13-12(7-8)10(3)11(4-5-15)14(17)16-13/h6-7H,4-5,15H2,1-3H3,(H,16,17). The van der Waals surface area contributed by atoms with Crippen LogP contribution >= 0.6 is 0 Å². The summed E-state index contributed by atoms with van der Waals surface area (Å²) in [6.45, 7) is 6.59. The molecule has 0 fully saturated rings. The lowest BCUT2D eigenvalue weighted by atomic mass is 9.99. The number of hydrogen-bond acceptors (Lipinski definition) is 2. The van der Waals surface area contributed by atoms with Crippen molar-refractivity contribution in [3.63, 3.8) is 0 Å². The normalized spacial score (nSPS) is 11.1. The molecular weight excluding hydrogens is 212 g/mol. The van der Waals surface area contributed by atoms with Crippen molar-refractivity contribution in [2.75, 3.05) is 6.54 Å². The molecule has 90 valence electrons. The van der Waals surface area contributed by atoms with Gasteiger partial charge in [0.05, 0.1) is 5.52 Å². The zero-order valence-corrected chi connectivity index (χ0v) is 10.6. The quantitative estimate of drug-likeness (QED) is 0.828. The molecule has 1 aromatic heterocycles. The van der Waals surface area contributed by atoms with E-state index in [2.05, 4.69) is 24.0 Å². The van der Waals surface area contributed by atoms with Crippen molar-refractivity contribution < 1.29 is 0 Å². The summed E-state index contributed by atoms with van der Waals surface area (Å²) in [5.41, 5.74) is 10.7. The van der Waals surface area contributed by atoms with Gasteiger partial charge in [0.2, 0.25) is 0 Å². The fraction of sp³-hybridized carbons (Fsp3) is 0.357. The Morgan fingerprint density at radius 1 is 1.24 bits per heavy atom. The molecule has 0 saturated carbocycles. The fourth-order valence-electron chi connectivity index (χ4n) is 2.40. The van der Waals surface area contributed by atoms with E-state index in [9.17, 15) is 4.79 Å². The van der Waals surface area contributed by atoms with E-state index in [1.807, 2.05) is 13.8 Å². The second kappa shape index (κ2) is 4.34. The number of rotatable bonds is 2. The molecule has 1 heterocycles. The first-order valence-electron chi connectivity index (χ1n) is 5.87. The maximum absolute atomic E-state index is 12.0. The molecule has 0 aliphatic carbocycles. The van der Waals surface area contributed by atoms with Crippen LogP contribution in [0.1, 0.15) is 22.3 Å². The van der Waals surface area contributed by atoms with Crippen LogP contribution in [0.4, 0.5) is 0 Å². The summed E-state index contributed by atoms with van der Waals surface area (Å²) in [6, 6.07) is 4.20. The molecule has 3 heteroatoms. The predicted molar refractivity (Wildman–Crippen MR) is 71.5 cm³/mol. The molecule has 0 aliphatic heterocycles. The highest BCUT2D eigenvalue weighted by molar-refractivity contribution is 5.86. The minimum Gasteiger partial charge on any atom is -0.330 e. The highest BCUT2D eigenvalue weighted by Crippen LogP contribution is 2.22. The number of aromatic amines is 1. The van der Waals surface area contributed by atoms with Crippen molar-refractivity contribution >= 4 is 10.9 Å². The third kappa shape index (κ3) is 1.98. The van der Waals surface area contributed by atoms with Crippen molar-refractivity contribution in [1.82, 2.24) is 4.98 Å². The number of H-pyrrole nitrogens is 1. The van der Waals surface area contributed by atoms with Crippen LogP contribution in [0, 0.1) is 20.8 Å². The van der Waals surface area contributed by atoms with Gasteiger partial charge in [0.1, 0.15) is 0 Å². The summed E-state index contributed by atoms with van der Waals surface area (Å²) in [7, 11) is 0. The summed E-state index contributed by atoms with van der Waals surface area (Å²) in [6.07, 6.45) is 0.629. The van der Waals surface area contributed by atoms with Crippen LogP contribution in [0.5, 0.6) is 0 Å². The third-order valence-electron chi connectivity index (χ3n) is 3.24. The van der Waals surface area contributed by atoms with Gasteiger partial charge in [-0.25, -0.2) is 0 Å². The molecule has 3 nitrogen and oxygen atoms in total. The first kappa shape index (κ1) is 11.9.